The van der Waals surface area contributed by atoms with Crippen LogP contribution in [0.2, 0.25) is 5.02 Å². The van der Waals surface area contributed by atoms with Crippen LogP contribution in [-0.4, -0.2) is 21.0 Å². The number of alkyl halides is 3. The Kier molecular flexibility index (Phi) is 5.63. The summed E-state index contributed by atoms with van der Waals surface area (Å²) < 4.78 is 45.5. The first-order valence-corrected chi connectivity index (χ1v) is 11.2. The van der Waals surface area contributed by atoms with E-state index in [1.165, 1.54) is 18.3 Å². The summed E-state index contributed by atoms with van der Waals surface area (Å²) in [5.41, 5.74) is 2.02. The highest BCUT2D eigenvalue weighted by Gasteiger charge is 2.34. The highest BCUT2D eigenvalue weighted by molar-refractivity contribution is 6.31. The summed E-state index contributed by atoms with van der Waals surface area (Å²) in [5, 5.41) is 10.1. The van der Waals surface area contributed by atoms with Gasteiger partial charge >= 0.3 is 12.1 Å². The van der Waals surface area contributed by atoms with Crippen molar-refractivity contribution in [2.45, 2.75) is 25.9 Å². The highest BCUT2D eigenvalue weighted by atomic mass is 35.5. The van der Waals surface area contributed by atoms with Gasteiger partial charge in [0.15, 0.2) is 5.76 Å². The zero-order valence-corrected chi connectivity index (χ0v) is 19.1. The molecule has 0 fully saturated rings. The van der Waals surface area contributed by atoms with Crippen molar-refractivity contribution in [1.29, 1.82) is 0 Å². The number of aromatic nitrogens is 2. The average Bonchev–Trinajstić information content (AvgIpc) is 3.25. The molecule has 4 aromatic rings. The summed E-state index contributed by atoms with van der Waals surface area (Å²) in [6, 6.07) is 10.6. The van der Waals surface area contributed by atoms with Crippen LogP contribution in [0.1, 0.15) is 46.4 Å². The Balaban J connectivity index is 1.60. The smallest absolute Gasteiger partial charge is 0.417 e. The molecule has 2 aromatic heterocycles. The van der Waals surface area contributed by atoms with E-state index in [2.05, 4.69) is 4.98 Å². The number of allylic oxidation sites excluding steroid dienone is 1. The maximum Gasteiger partial charge on any atom is 0.417 e. The molecule has 1 N–H and O–H groups in total. The second-order valence-corrected chi connectivity index (χ2v) is 8.98. The van der Waals surface area contributed by atoms with Crippen molar-refractivity contribution >= 4 is 40.1 Å². The van der Waals surface area contributed by atoms with Gasteiger partial charge in [0.05, 0.1) is 33.6 Å². The Hall–Kier alpha value is -3.65. The molecule has 0 aliphatic heterocycles. The first kappa shape index (κ1) is 23.1. The minimum absolute atomic E-state index is 0.148. The fourth-order valence-electron chi connectivity index (χ4n) is 4.51. The number of oxazole rings is 1. The van der Waals surface area contributed by atoms with Gasteiger partial charge in [-0.1, -0.05) is 36.7 Å². The van der Waals surface area contributed by atoms with Crippen molar-refractivity contribution < 1.29 is 27.5 Å². The monoisotopic (exact) mass is 498 g/mol. The molecule has 1 atom stereocenters. The fourth-order valence-corrected chi connectivity index (χ4v) is 4.74. The summed E-state index contributed by atoms with van der Waals surface area (Å²) >= 11 is 5.72. The Morgan fingerprint density at radius 2 is 1.97 bits per heavy atom. The summed E-state index contributed by atoms with van der Waals surface area (Å²) in [5.74, 6) is -0.532. The topological polar surface area (TPSA) is 76.2 Å². The quantitative estimate of drug-likeness (QED) is 0.319. The Morgan fingerprint density at radius 3 is 2.71 bits per heavy atom. The van der Waals surface area contributed by atoms with E-state index in [1.807, 2.05) is 6.92 Å². The largest absolute Gasteiger partial charge is 0.478 e. The van der Waals surface area contributed by atoms with Crippen LogP contribution in [0.3, 0.4) is 0 Å². The molecular weight excluding hydrogens is 481 g/mol. The van der Waals surface area contributed by atoms with E-state index in [-0.39, 0.29) is 28.7 Å². The van der Waals surface area contributed by atoms with Gasteiger partial charge in [0, 0.05) is 17.0 Å². The van der Waals surface area contributed by atoms with Crippen LogP contribution >= 0.6 is 11.6 Å². The van der Waals surface area contributed by atoms with Crippen LogP contribution in [0.15, 0.2) is 53.1 Å². The molecule has 0 spiro atoms. The molecule has 1 aliphatic rings. The third-order valence-corrected chi connectivity index (χ3v) is 6.34. The molecule has 9 heteroatoms. The number of halogens is 4. The van der Waals surface area contributed by atoms with E-state index < -0.39 is 22.7 Å². The molecule has 178 valence electrons. The molecule has 2 aromatic carbocycles. The highest BCUT2D eigenvalue weighted by Crippen LogP contribution is 2.40. The van der Waals surface area contributed by atoms with Crippen LogP contribution in [-0.2, 0) is 12.6 Å². The van der Waals surface area contributed by atoms with Crippen LogP contribution in [0, 0.1) is 5.92 Å². The Labute approximate surface area is 202 Å². The van der Waals surface area contributed by atoms with E-state index >= 15 is 0 Å². The van der Waals surface area contributed by atoms with Crippen LogP contribution in [0.4, 0.5) is 13.2 Å². The van der Waals surface area contributed by atoms with Crippen molar-refractivity contribution in [1.82, 2.24) is 9.97 Å². The maximum atomic E-state index is 13.2. The van der Waals surface area contributed by atoms with E-state index in [9.17, 15) is 23.1 Å². The van der Waals surface area contributed by atoms with Crippen LogP contribution in [0.25, 0.3) is 33.9 Å². The molecule has 1 aliphatic carbocycles. The SMILES string of the molecule is CC1C/C(=C\c2ncc(-c3ccc(Cl)c(C(F)(F)F)c3)o2)c2nc3ccccc3c(C(=O)O)c2C1. The lowest BCUT2D eigenvalue weighted by Crippen LogP contribution is -2.17. The third-order valence-electron chi connectivity index (χ3n) is 6.01. The second-order valence-electron chi connectivity index (χ2n) is 8.57. The van der Waals surface area contributed by atoms with Gasteiger partial charge in [-0.3, -0.25) is 0 Å². The number of carbonyl (C=O) groups is 1. The first-order chi connectivity index (χ1) is 16.6. The van der Waals surface area contributed by atoms with Crippen molar-refractivity contribution in [3.05, 3.63) is 82.0 Å². The number of carboxylic acids is 1. The fraction of sp³-hybridized carbons (Fsp3) is 0.192. The number of hydrogen-bond donors (Lipinski definition) is 1. The molecule has 0 saturated heterocycles. The first-order valence-electron chi connectivity index (χ1n) is 10.8. The number of carboxylic acid groups (broad SMARTS) is 1. The van der Waals surface area contributed by atoms with Crippen LogP contribution < -0.4 is 0 Å². The zero-order valence-electron chi connectivity index (χ0n) is 18.4. The predicted molar refractivity (Wildman–Crippen MR) is 126 cm³/mol. The molecule has 5 nitrogen and oxygen atoms in total. The molecular formula is C26H18ClF3N2O3. The molecule has 0 radical (unpaired) electrons. The third kappa shape index (κ3) is 4.30. The van der Waals surface area contributed by atoms with Gasteiger partial charge in [-0.25, -0.2) is 14.8 Å². The number of benzene rings is 2. The molecule has 2 heterocycles. The number of para-hydroxylation sites is 1. The summed E-state index contributed by atoms with van der Waals surface area (Å²) in [7, 11) is 0. The van der Waals surface area contributed by atoms with Crippen molar-refractivity contribution in [2.75, 3.05) is 0 Å². The number of rotatable bonds is 3. The van der Waals surface area contributed by atoms with E-state index in [0.717, 1.165) is 11.6 Å². The van der Waals surface area contributed by atoms with Gasteiger partial charge < -0.3 is 9.52 Å². The van der Waals surface area contributed by atoms with Gasteiger partial charge in [0.1, 0.15) is 0 Å². The lowest BCUT2D eigenvalue weighted by atomic mass is 9.81. The molecule has 5 rings (SSSR count). The predicted octanol–water partition coefficient (Wildman–Crippen LogP) is 7.38. The van der Waals surface area contributed by atoms with Crippen molar-refractivity contribution in [3.63, 3.8) is 0 Å². The molecule has 0 amide bonds. The normalized spacial score (nSPS) is 17.1. The maximum absolute atomic E-state index is 13.2. The number of aromatic carboxylic acids is 1. The number of nitrogens with zero attached hydrogens (tertiary/aromatic N) is 2. The molecule has 1 unspecified atom stereocenters. The van der Waals surface area contributed by atoms with Crippen molar-refractivity contribution in [2.24, 2.45) is 5.92 Å². The van der Waals surface area contributed by atoms with E-state index in [0.29, 0.717) is 35.0 Å². The summed E-state index contributed by atoms with van der Waals surface area (Å²) in [4.78, 5) is 21.1. The van der Waals surface area contributed by atoms with Gasteiger partial charge in [-0.15, -0.1) is 0 Å². The average molecular weight is 499 g/mol. The van der Waals surface area contributed by atoms with Gasteiger partial charge in [0.25, 0.3) is 0 Å². The molecule has 0 saturated carbocycles. The Bertz CT molecular complexity index is 1510. The van der Waals surface area contributed by atoms with E-state index in [4.69, 9.17) is 21.0 Å². The minimum atomic E-state index is -4.60. The van der Waals surface area contributed by atoms with Crippen molar-refractivity contribution in [3.8, 4) is 11.3 Å². The number of hydrogen-bond acceptors (Lipinski definition) is 4. The lowest BCUT2D eigenvalue weighted by molar-refractivity contribution is -0.137. The molecule has 35 heavy (non-hydrogen) atoms. The van der Waals surface area contributed by atoms with Crippen LogP contribution in [0.5, 0.6) is 0 Å². The Morgan fingerprint density at radius 1 is 1.20 bits per heavy atom. The standard InChI is InChI=1S/C26H18ClF3N2O3/c1-13-8-15(24-17(9-13)23(25(33)34)16-4-2-3-5-20(16)32-24)11-22-31-12-21(35-22)14-6-7-19(27)18(10-14)26(28,29)30/h2-7,10-13H,8-9H2,1H3,(H,33,34)/b15-11+. The second kappa shape index (κ2) is 8.53. The van der Waals surface area contributed by atoms with Gasteiger partial charge in [0.2, 0.25) is 5.89 Å². The van der Waals surface area contributed by atoms with E-state index in [1.54, 1.807) is 30.3 Å². The summed E-state index contributed by atoms with van der Waals surface area (Å²) in [6.07, 6.45) is -0.399. The number of fused-ring (bicyclic) bond motifs is 2. The van der Waals surface area contributed by atoms with Gasteiger partial charge in [-0.05, 0) is 54.2 Å². The minimum Gasteiger partial charge on any atom is -0.478 e. The zero-order chi connectivity index (χ0) is 24.9. The van der Waals surface area contributed by atoms with Gasteiger partial charge in [-0.2, -0.15) is 13.2 Å². The summed E-state index contributed by atoms with van der Waals surface area (Å²) in [6.45, 7) is 2.02. The lowest BCUT2D eigenvalue weighted by Gasteiger charge is -2.25. The number of pyridine rings is 1. The molecule has 0 bridgehead atoms.